The van der Waals surface area contributed by atoms with Crippen molar-refractivity contribution in [1.29, 1.82) is 0 Å². The molecule has 1 heterocycles. The molecular formula is C21H26N2O4. The molecule has 6 heteroatoms. The molecule has 0 bridgehead atoms. The van der Waals surface area contributed by atoms with Gasteiger partial charge >= 0.3 is 5.97 Å². The van der Waals surface area contributed by atoms with E-state index in [0.717, 1.165) is 17.5 Å². The minimum absolute atomic E-state index is 0.0526. The van der Waals surface area contributed by atoms with Crippen molar-refractivity contribution in [2.75, 3.05) is 5.32 Å². The monoisotopic (exact) mass is 370 g/mol. The molecule has 6 nitrogen and oxygen atoms in total. The molecule has 1 aromatic heterocycles. The van der Waals surface area contributed by atoms with Gasteiger partial charge in [-0.15, -0.1) is 0 Å². The van der Waals surface area contributed by atoms with Crippen molar-refractivity contribution in [3.63, 3.8) is 0 Å². The normalized spacial score (nSPS) is 11.9. The summed E-state index contributed by atoms with van der Waals surface area (Å²) in [6.45, 7) is 6.97. The molecule has 0 spiro atoms. The molecule has 144 valence electrons. The number of Topliss-reactive ketones (excluding diaryl/α,β-unsaturated/α-hetero) is 1. The highest BCUT2D eigenvalue weighted by molar-refractivity contribution is 6.07. The zero-order chi connectivity index (χ0) is 20.1. The predicted molar refractivity (Wildman–Crippen MR) is 104 cm³/mol. The number of aliphatic carboxylic acids is 1. The predicted octanol–water partition coefficient (Wildman–Crippen LogP) is 3.99. The van der Waals surface area contributed by atoms with Crippen LogP contribution in [-0.2, 0) is 17.6 Å². The van der Waals surface area contributed by atoms with Crippen molar-refractivity contribution in [2.45, 2.75) is 47.0 Å². The van der Waals surface area contributed by atoms with Crippen LogP contribution in [0.2, 0.25) is 0 Å². The summed E-state index contributed by atoms with van der Waals surface area (Å²) >= 11 is 0. The number of anilines is 1. The van der Waals surface area contributed by atoms with Crippen LogP contribution in [0.4, 0.5) is 5.69 Å². The lowest BCUT2D eigenvalue weighted by Gasteiger charge is -2.09. The molecule has 1 aromatic carbocycles. The van der Waals surface area contributed by atoms with E-state index in [0.29, 0.717) is 35.5 Å². The van der Waals surface area contributed by atoms with Crippen molar-refractivity contribution in [1.82, 2.24) is 4.98 Å². The quantitative estimate of drug-likeness (QED) is 0.612. The van der Waals surface area contributed by atoms with Gasteiger partial charge in [-0.2, -0.15) is 0 Å². The summed E-state index contributed by atoms with van der Waals surface area (Å²) in [5, 5.41) is 11.8. The first-order valence-corrected chi connectivity index (χ1v) is 9.10. The van der Waals surface area contributed by atoms with Gasteiger partial charge in [-0.25, -0.2) is 0 Å². The fourth-order valence-corrected chi connectivity index (χ4v) is 3.21. The third-order valence-electron chi connectivity index (χ3n) is 4.55. The van der Waals surface area contributed by atoms with Gasteiger partial charge in [-0.05, 0) is 49.9 Å². The van der Waals surface area contributed by atoms with Gasteiger partial charge in [0, 0.05) is 16.9 Å². The third kappa shape index (κ3) is 4.84. The first-order chi connectivity index (χ1) is 12.7. The van der Waals surface area contributed by atoms with Crippen LogP contribution in [0, 0.1) is 12.8 Å². The molecule has 0 radical (unpaired) electrons. The number of aromatic amines is 1. The van der Waals surface area contributed by atoms with Gasteiger partial charge < -0.3 is 15.4 Å². The average molecular weight is 370 g/mol. The Morgan fingerprint density at radius 1 is 1.19 bits per heavy atom. The Labute approximate surface area is 159 Å². The van der Waals surface area contributed by atoms with Crippen molar-refractivity contribution in [3.8, 4) is 0 Å². The lowest BCUT2D eigenvalue weighted by Crippen LogP contribution is -2.15. The summed E-state index contributed by atoms with van der Waals surface area (Å²) in [4.78, 5) is 38.7. The average Bonchev–Trinajstić information content (AvgIpc) is 2.93. The molecule has 2 rings (SSSR count). The van der Waals surface area contributed by atoms with Crippen LogP contribution in [0.15, 0.2) is 24.3 Å². The van der Waals surface area contributed by atoms with E-state index in [1.54, 1.807) is 26.0 Å². The molecule has 0 saturated carbocycles. The number of aryl methyl sites for hydroxylation is 1. The molecule has 0 aliphatic rings. The van der Waals surface area contributed by atoms with Gasteiger partial charge in [0.2, 0.25) is 0 Å². The van der Waals surface area contributed by atoms with Crippen molar-refractivity contribution in [2.24, 2.45) is 5.92 Å². The van der Waals surface area contributed by atoms with E-state index in [1.165, 1.54) is 6.92 Å². The number of benzene rings is 1. The molecule has 27 heavy (non-hydrogen) atoms. The maximum Gasteiger partial charge on any atom is 0.306 e. The second kappa shape index (κ2) is 8.66. The maximum absolute atomic E-state index is 12.7. The maximum atomic E-state index is 12.7. The van der Waals surface area contributed by atoms with E-state index in [4.69, 9.17) is 5.11 Å². The molecule has 0 aliphatic carbocycles. The van der Waals surface area contributed by atoms with Crippen LogP contribution in [-0.4, -0.2) is 27.8 Å². The summed E-state index contributed by atoms with van der Waals surface area (Å²) in [6, 6.07) is 7.12. The minimum atomic E-state index is -0.834. The highest BCUT2D eigenvalue weighted by atomic mass is 16.4. The van der Waals surface area contributed by atoms with Gasteiger partial charge in [-0.3, -0.25) is 14.4 Å². The second-order valence-electron chi connectivity index (χ2n) is 6.88. The molecular weight excluding hydrogens is 344 g/mol. The first kappa shape index (κ1) is 20.4. The number of carbonyl (C=O) groups excluding carboxylic acids is 2. The van der Waals surface area contributed by atoms with E-state index in [-0.39, 0.29) is 11.7 Å². The van der Waals surface area contributed by atoms with Crippen molar-refractivity contribution in [3.05, 3.63) is 52.3 Å². The van der Waals surface area contributed by atoms with Gasteiger partial charge in [0.25, 0.3) is 5.91 Å². The number of hydrogen-bond acceptors (Lipinski definition) is 3. The zero-order valence-corrected chi connectivity index (χ0v) is 16.2. The summed E-state index contributed by atoms with van der Waals surface area (Å²) in [5.41, 5.74) is 3.99. The number of carboxylic acids is 1. The smallest absolute Gasteiger partial charge is 0.306 e. The van der Waals surface area contributed by atoms with E-state index in [9.17, 15) is 14.4 Å². The Bertz CT molecular complexity index is 850. The third-order valence-corrected chi connectivity index (χ3v) is 4.55. The zero-order valence-electron chi connectivity index (χ0n) is 16.2. The van der Waals surface area contributed by atoms with Gasteiger partial charge in [0.1, 0.15) is 5.69 Å². The number of nitrogens with one attached hydrogen (secondary N) is 2. The minimum Gasteiger partial charge on any atom is -0.481 e. The fraction of sp³-hybridized carbons (Fsp3) is 0.381. The molecule has 0 fully saturated rings. The Morgan fingerprint density at radius 2 is 1.81 bits per heavy atom. The van der Waals surface area contributed by atoms with Crippen LogP contribution in [0.3, 0.4) is 0 Å². The van der Waals surface area contributed by atoms with Crippen molar-refractivity contribution < 1.29 is 19.5 Å². The van der Waals surface area contributed by atoms with E-state index in [1.807, 2.05) is 19.1 Å². The van der Waals surface area contributed by atoms with Crippen LogP contribution in [0.25, 0.3) is 0 Å². The Kier molecular flexibility index (Phi) is 6.55. The van der Waals surface area contributed by atoms with Crippen LogP contribution < -0.4 is 5.32 Å². The number of carboxylic acid groups (broad SMARTS) is 1. The highest BCUT2D eigenvalue weighted by Crippen LogP contribution is 2.23. The van der Waals surface area contributed by atoms with Crippen molar-refractivity contribution >= 4 is 23.3 Å². The summed E-state index contributed by atoms with van der Waals surface area (Å²) in [6.07, 6.45) is 1.91. The molecule has 1 amide bonds. The molecule has 0 aliphatic heterocycles. The standard InChI is InChI=1S/C21H26N2O4/c1-5-6-17-18(14(4)24)13(3)22-19(17)20(25)23-16-9-7-15(8-10-16)11-12(2)21(26)27/h7-10,12,22H,5-6,11H2,1-4H3,(H,23,25)(H,26,27). The van der Waals surface area contributed by atoms with Crippen LogP contribution >= 0.6 is 0 Å². The molecule has 1 atom stereocenters. The molecule has 0 saturated heterocycles. The summed E-state index contributed by atoms with van der Waals surface area (Å²) < 4.78 is 0. The summed E-state index contributed by atoms with van der Waals surface area (Å²) in [7, 11) is 0. The Morgan fingerprint density at radius 3 is 2.33 bits per heavy atom. The SMILES string of the molecule is CCCc1c(C(=O)Nc2ccc(CC(C)C(=O)O)cc2)[nH]c(C)c1C(C)=O. The Balaban J connectivity index is 2.19. The Hall–Kier alpha value is -2.89. The number of aromatic nitrogens is 1. The summed E-state index contributed by atoms with van der Waals surface area (Å²) in [5.74, 6) is -1.64. The number of ketones is 1. The lowest BCUT2D eigenvalue weighted by atomic mass is 10.0. The number of rotatable bonds is 8. The topological polar surface area (TPSA) is 99.3 Å². The van der Waals surface area contributed by atoms with Gasteiger partial charge in [-0.1, -0.05) is 32.4 Å². The fourth-order valence-electron chi connectivity index (χ4n) is 3.21. The largest absolute Gasteiger partial charge is 0.481 e. The number of carbonyl (C=O) groups is 3. The number of hydrogen-bond donors (Lipinski definition) is 3. The second-order valence-corrected chi connectivity index (χ2v) is 6.88. The highest BCUT2D eigenvalue weighted by Gasteiger charge is 2.22. The van der Waals surface area contributed by atoms with Gasteiger partial charge in [0.15, 0.2) is 5.78 Å². The van der Waals surface area contributed by atoms with E-state index in [2.05, 4.69) is 10.3 Å². The van der Waals surface area contributed by atoms with Crippen LogP contribution in [0.5, 0.6) is 0 Å². The van der Waals surface area contributed by atoms with E-state index >= 15 is 0 Å². The first-order valence-electron chi connectivity index (χ1n) is 9.10. The number of H-pyrrole nitrogens is 1. The van der Waals surface area contributed by atoms with Gasteiger partial charge in [0.05, 0.1) is 5.92 Å². The number of amides is 1. The molecule has 1 unspecified atom stereocenters. The van der Waals surface area contributed by atoms with E-state index < -0.39 is 11.9 Å². The lowest BCUT2D eigenvalue weighted by molar-refractivity contribution is -0.141. The molecule has 2 aromatic rings. The molecule has 3 N–H and O–H groups in total. The van der Waals surface area contributed by atoms with Crippen LogP contribution in [0.1, 0.15) is 64.9 Å².